The summed E-state index contributed by atoms with van der Waals surface area (Å²) in [5, 5.41) is 2.31. The van der Waals surface area contributed by atoms with Gasteiger partial charge >= 0.3 is 17.8 Å². The van der Waals surface area contributed by atoms with Gasteiger partial charge in [0, 0.05) is 13.1 Å². The lowest BCUT2D eigenvalue weighted by Crippen LogP contribution is -2.48. The smallest absolute Gasteiger partial charge is 0.328 e. The number of nitrogens with one attached hydrogen (secondary N) is 1. The predicted octanol–water partition coefficient (Wildman–Crippen LogP) is -0.0774. The average Bonchev–Trinajstić information content (AvgIpc) is 2.30. The van der Waals surface area contributed by atoms with Crippen molar-refractivity contribution in [1.29, 1.82) is 0 Å². The normalized spacial score (nSPS) is 11.5. The fourth-order valence-corrected chi connectivity index (χ4v) is 1.24. The molecule has 0 unspecified atom stereocenters. The molecule has 6 nitrogen and oxygen atoms in total. The molecule has 0 radical (unpaired) electrons. The van der Waals surface area contributed by atoms with Gasteiger partial charge in [0.15, 0.2) is 0 Å². The zero-order valence-corrected chi connectivity index (χ0v) is 10.8. The maximum absolute atomic E-state index is 11.6. The Morgan fingerprint density at radius 3 is 2.12 bits per heavy atom. The molecule has 0 aliphatic heterocycles. The van der Waals surface area contributed by atoms with Gasteiger partial charge < -0.3 is 15.0 Å². The molecule has 1 atom stereocenters. The highest BCUT2D eigenvalue weighted by atomic mass is 16.5. The van der Waals surface area contributed by atoms with Crippen molar-refractivity contribution in [2.45, 2.75) is 33.7 Å². The first-order valence-corrected chi connectivity index (χ1v) is 5.74. The van der Waals surface area contributed by atoms with E-state index >= 15 is 0 Å². The number of rotatable bonds is 5. The number of likely N-dealkylation sites (N-methyl/N-ethyl adjacent to an activating group) is 1. The fraction of sp³-hybridized carbons (Fsp3) is 0.727. The average molecular weight is 244 g/mol. The quantitative estimate of drug-likeness (QED) is 0.542. The predicted molar refractivity (Wildman–Crippen MR) is 62.2 cm³/mol. The van der Waals surface area contributed by atoms with Crippen LogP contribution in [0.25, 0.3) is 0 Å². The first kappa shape index (κ1) is 15.4. The molecule has 0 heterocycles. The molecule has 0 rings (SSSR count). The van der Waals surface area contributed by atoms with E-state index in [0.717, 1.165) is 0 Å². The summed E-state index contributed by atoms with van der Waals surface area (Å²) in [6, 6.07) is -0.818. The molecule has 0 saturated carbocycles. The van der Waals surface area contributed by atoms with Crippen molar-refractivity contribution in [1.82, 2.24) is 10.2 Å². The van der Waals surface area contributed by atoms with Gasteiger partial charge in [0.1, 0.15) is 6.04 Å². The van der Waals surface area contributed by atoms with Crippen LogP contribution >= 0.6 is 0 Å². The molecule has 0 aromatic rings. The van der Waals surface area contributed by atoms with Crippen LogP contribution in [0, 0.1) is 0 Å². The Morgan fingerprint density at radius 1 is 1.18 bits per heavy atom. The molecule has 0 aromatic carbocycles. The van der Waals surface area contributed by atoms with E-state index in [0.29, 0.717) is 13.1 Å². The van der Waals surface area contributed by atoms with E-state index in [4.69, 9.17) is 4.74 Å². The van der Waals surface area contributed by atoms with Gasteiger partial charge in [0.05, 0.1) is 6.61 Å². The van der Waals surface area contributed by atoms with Crippen LogP contribution in [0.3, 0.4) is 0 Å². The molecule has 0 fully saturated rings. The highest BCUT2D eigenvalue weighted by molar-refractivity contribution is 6.35. The lowest BCUT2D eigenvalue weighted by atomic mass is 10.3. The third kappa shape index (κ3) is 4.84. The second-order valence-electron chi connectivity index (χ2n) is 3.42. The zero-order valence-electron chi connectivity index (χ0n) is 10.8. The molecule has 0 aliphatic carbocycles. The first-order chi connectivity index (χ1) is 7.97. The van der Waals surface area contributed by atoms with Crippen molar-refractivity contribution >= 4 is 17.8 Å². The van der Waals surface area contributed by atoms with Gasteiger partial charge in [-0.1, -0.05) is 0 Å². The number of hydrogen-bond donors (Lipinski definition) is 1. The van der Waals surface area contributed by atoms with Crippen LogP contribution < -0.4 is 5.32 Å². The van der Waals surface area contributed by atoms with Crippen LogP contribution in [0.2, 0.25) is 0 Å². The summed E-state index contributed by atoms with van der Waals surface area (Å²) >= 11 is 0. The molecule has 0 aliphatic rings. The van der Waals surface area contributed by atoms with Gasteiger partial charge in [-0.25, -0.2) is 4.79 Å². The maximum Gasteiger partial charge on any atom is 0.328 e. The first-order valence-electron chi connectivity index (χ1n) is 5.74. The van der Waals surface area contributed by atoms with Crippen molar-refractivity contribution < 1.29 is 19.1 Å². The second-order valence-corrected chi connectivity index (χ2v) is 3.42. The van der Waals surface area contributed by atoms with Crippen molar-refractivity contribution in [3.63, 3.8) is 0 Å². The number of carbonyl (C=O) groups excluding carboxylic acids is 3. The number of ether oxygens (including phenoxy) is 1. The van der Waals surface area contributed by atoms with Crippen LogP contribution in [0.5, 0.6) is 0 Å². The van der Waals surface area contributed by atoms with Crippen molar-refractivity contribution in [3.8, 4) is 0 Å². The van der Waals surface area contributed by atoms with Crippen molar-refractivity contribution in [2.24, 2.45) is 0 Å². The third-order valence-electron chi connectivity index (χ3n) is 2.23. The van der Waals surface area contributed by atoms with Crippen LogP contribution in [0.1, 0.15) is 27.7 Å². The number of nitrogens with zero attached hydrogens (tertiary/aromatic N) is 1. The van der Waals surface area contributed by atoms with E-state index in [1.165, 1.54) is 11.8 Å². The lowest BCUT2D eigenvalue weighted by molar-refractivity contribution is -0.150. The Labute approximate surface area is 101 Å². The Kier molecular flexibility index (Phi) is 6.93. The molecule has 0 saturated heterocycles. The third-order valence-corrected chi connectivity index (χ3v) is 2.23. The molecule has 0 spiro atoms. The highest BCUT2D eigenvalue weighted by Crippen LogP contribution is 1.92. The Balaban J connectivity index is 4.34. The molecular formula is C11H20N2O4. The van der Waals surface area contributed by atoms with E-state index in [1.807, 2.05) is 0 Å². The summed E-state index contributed by atoms with van der Waals surface area (Å²) in [6.45, 7) is 7.86. The van der Waals surface area contributed by atoms with Gasteiger partial charge in [0.2, 0.25) is 0 Å². The molecule has 98 valence electrons. The summed E-state index contributed by atoms with van der Waals surface area (Å²) in [7, 11) is 0. The number of esters is 1. The van der Waals surface area contributed by atoms with E-state index < -0.39 is 23.8 Å². The van der Waals surface area contributed by atoms with Gasteiger partial charge in [-0.05, 0) is 27.7 Å². The van der Waals surface area contributed by atoms with Crippen molar-refractivity contribution in [3.05, 3.63) is 0 Å². The largest absolute Gasteiger partial charge is 0.464 e. The minimum absolute atomic E-state index is 0.239. The standard InChI is InChI=1S/C11H20N2O4/c1-5-13(6-2)10(15)9(14)12-8(4)11(16)17-7-3/h8H,5-7H2,1-4H3,(H,12,14)/t8-/m0/s1. The molecule has 2 amide bonds. The lowest BCUT2D eigenvalue weighted by Gasteiger charge is -2.19. The molecule has 0 bridgehead atoms. The Hall–Kier alpha value is -1.59. The van der Waals surface area contributed by atoms with E-state index in [1.54, 1.807) is 20.8 Å². The summed E-state index contributed by atoms with van der Waals surface area (Å²) in [5.74, 6) is -1.96. The van der Waals surface area contributed by atoms with Gasteiger partial charge in [-0.2, -0.15) is 0 Å². The molecule has 0 aromatic heterocycles. The van der Waals surface area contributed by atoms with E-state index in [2.05, 4.69) is 5.32 Å². The van der Waals surface area contributed by atoms with Crippen molar-refractivity contribution in [2.75, 3.05) is 19.7 Å². The van der Waals surface area contributed by atoms with Gasteiger partial charge in [-0.15, -0.1) is 0 Å². The maximum atomic E-state index is 11.6. The molecule has 1 N–H and O–H groups in total. The van der Waals surface area contributed by atoms with Gasteiger partial charge in [0.25, 0.3) is 0 Å². The number of amides is 2. The fourth-order valence-electron chi connectivity index (χ4n) is 1.24. The summed E-state index contributed by atoms with van der Waals surface area (Å²) < 4.78 is 4.72. The minimum atomic E-state index is -0.818. The van der Waals surface area contributed by atoms with Crippen LogP contribution in [-0.2, 0) is 19.1 Å². The second kappa shape index (κ2) is 7.65. The number of hydrogen-bond acceptors (Lipinski definition) is 4. The summed E-state index contributed by atoms with van der Waals surface area (Å²) in [6.07, 6.45) is 0. The van der Waals surface area contributed by atoms with E-state index in [-0.39, 0.29) is 6.61 Å². The van der Waals surface area contributed by atoms with Crippen LogP contribution in [0.15, 0.2) is 0 Å². The Morgan fingerprint density at radius 2 is 1.71 bits per heavy atom. The summed E-state index contributed by atoms with van der Waals surface area (Å²) in [4.78, 5) is 35.7. The molecule has 6 heteroatoms. The topological polar surface area (TPSA) is 75.7 Å². The Bertz CT molecular complexity index is 287. The van der Waals surface area contributed by atoms with Crippen LogP contribution in [-0.4, -0.2) is 48.4 Å². The van der Waals surface area contributed by atoms with Gasteiger partial charge in [-0.3, -0.25) is 9.59 Å². The zero-order chi connectivity index (χ0) is 13.4. The van der Waals surface area contributed by atoms with E-state index in [9.17, 15) is 14.4 Å². The van der Waals surface area contributed by atoms with Crippen LogP contribution in [0.4, 0.5) is 0 Å². The monoisotopic (exact) mass is 244 g/mol. The number of carbonyl (C=O) groups is 3. The highest BCUT2D eigenvalue weighted by Gasteiger charge is 2.24. The minimum Gasteiger partial charge on any atom is -0.464 e. The molecule has 17 heavy (non-hydrogen) atoms. The summed E-state index contributed by atoms with van der Waals surface area (Å²) in [5.41, 5.74) is 0. The molecular weight excluding hydrogens is 224 g/mol. The SMILES string of the molecule is CCOC(=O)[C@H](C)NC(=O)C(=O)N(CC)CC.